The fourth-order valence-electron chi connectivity index (χ4n) is 2.13. The first kappa shape index (κ1) is 15.1. The van der Waals surface area contributed by atoms with Crippen LogP contribution in [0.15, 0.2) is 54.6 Å². The number of carbonyl (C=O) groups is 1. The van der Waals surface area contributed by atoms with E-state index in [1.165, 1.54) is 0 Å². The van der Waals surface area contributed by atoms with Crippen LogP contribution in [0.25, 0.3) is 11.3 Å². The van der Waals surface area contributed by atoms with Crippen LogP contribution in [0.3, 0.4) is 0 Å². The molecule has 0 spiro atoms. The quantitative estimate of drug-likeness (QED) is 0.761. The van der Waals surface area contributed by atoms with Gasteiger partial charge in [-0.25, -0.2) is 0 Å². The molecule has 1 heterocycles. The van der Waals surface area contributed by atoms with E-state index in [1.54, 1.807) is 43.5 Å². The van der Waals surface area contributed by atoms with Crippen LogP contribution in [-0.4, -0.2) is 23.2 Å². The number of halogens is 1. The molecule has 0 aliphatic carbocycles. The number of rotatable bonds is 4. The van der Waals surface area contributed by atoms with Crippen molar-refractivity contribution in [2.45, 2.75) is 0 Å². The van der Waals surface area contributed by atoms with Gasteiger partial charge in [-0.2, -0.15) is 5.10 Å². The average molecular weight is 328 g/mol. The summed E-state index contributed by atoms with van der Waals surface area (Å²) in [5.41, 5.74) is 2.51. The van der Waals surface area contributed by atoms with Crippen LogP contribution in [0.4, 0.5) is 5.69 Å². The number of anilines is 1. The van der Waals surface area contributed by atoms with Crippen LogP contribution < -0.4 is 10.1 Å². The molecule has 6 heteroatoms. The molecule has 0 unspecified atom stereocenters. The Morgan fingerprint density at radius 2 is 2.00 bits per heavy atom. The maximum absolute atomic E-state index is 12.3. The molecular formula is C17H14ClN3O2. The Kier molecular flexibility index (Phi) is 4.30. The SMILES string of the molecule is COc1cccc(NC(=O)c2cc(-c3cccc(Cl)c3)n[nH]2)c1. The molecule has 1 aromatic heterocycles. The Morgan fingerprint density at radius 1 is 1.17 bits per heavy atom. The molecule has 0 saturated heterocycles. The second-order valence-corrected chi connectivity index (χ2v) is 5.30. The Balaban J connectivity index is 1.78. The van der Waals surface area contributed by atoms with Gasteiger partial charge in [-0.15, -0.1) is 0 Å². The third kappa shape index (κ3) is 3.52. The van der Waals surface area contributed by atoms with Gasteiger partial charge < -0.3 is 10.1 Å². The van der Waals surface area contributed by atoms with Crippen molar-refractivity contribution in [2.24, 2.45) is 0 Å². The number of H-pyrrole nitrogens is 1. The summed E-state index contributed by atoms with van der Waals surface area (Å²) < 4.78 is 5.13. The number of nitrogens with zero attached hydrogens (tertiary/aromatic N) is 1. The highest BCUT2D eigenvalue weighted by Gasteiger charge is 2.12. The summed E-state index contributed by atoms with van der Waals surface area (Å²) in [6, 6.07) is 16.1. The summed E-state index contributed by atoms with van der Waals surface area (Å²) in [5, 5.41) is 10.3. The van der Waals surface area contributed by atoms with Gasteiger partial charge in [-0.05, 0) is 30.3 Å². The lowest BCUT2D eigenvalue weighted by atomic mass is 10.1. The third-order valence-corrected chi connectivity index (χ3v) is 3.51. The molecule has 0 atom stereocenters. The number of nitrogens with one attached hydrogen (secondary N) is 2. The smallest absolute Gasteiger partial charge is 0.273 e. The minimum atomic E-state index is -0.279. The Hall–Kier alpha value is -2.79. The highest BCUT2D eigenvalue weighted by molar-refractivity contribution is 6.30. The van der Waals surface area contributed by atoms with Crippen LogP contribution in [0.1, 0.15) is 10.5 Å². The van der Waals surface area contributed by atoms with Crippen LogP contribution in [0, 0.1) is 0 Å². The van der Waals surface area contributed by atoms with E-state index in [2.05, 4.69) is 15.5 Å². The Bertz CT molecular complexity index is 845. The zero-order valence-electron chi connectivity index (χ0n) is 12.3. The largest absolute Gasteiger partial charge is 0.497 e. The van der Waals surface area contributed by atoms with Gasteiger partial charge >= 0.3 is 0 Å². The number of carbonyl (C=O) groups excluding carboxylic acids is 1. The number of hydrogen-bond donors (Lipinski definition) is 2. The molecule has 23 heavy (non-hydrogen) atoms. The van der Waals surface area contributed by atoms with E-state index in [0.717, 1.165) is 5.56 Å². The molecule has 0 fully saturated rings. The summed E-state index contributed by atoms with van der Waals surface area (Å²) in [4.78, 5) is 12.3. The molecule has 0 radical (unpaired) electrons. The number of amides is 1. The number of aromatic amines is 1. The number of ether oxygens (including phenoxy) is 1. The monoisotopic (exact) mass is 327 g/mol. The highest BCUT2D eigenvalue weighted by Crippen LogP contribution is 2.22. The predicted octanol–water partition coefficient (Wildman–Crippen LogP) is 3.99. The van der Waals surface area contributed by atoms with Crippen molar-refractivity contribution in [1.29, 1.82) is 0 Å². The highest BCUT2D eigenvalue weighted by atomic mass is 35.5. The number of benzene rings is 2. The molecule has 5 nitrogen and oxygen atoms in total. The summed E-state index contributed by atoms with van der Waals surface area (Å²) in [6.07, 6.45) is 0. The normalized spacial score (nSPS) is 10.3. The molecule has 3 rings (SSSR count). The molecule has 0 saturated carbocycles. The van der Waals surface area contributed by atoms with E-state index in [4.69, 9.17) is 16.3 Å². The average Bonchev–Trinajstić information content (AvgIpc) is 3.05. The number of aromatic nitrogens is 2. The van der Waals surface area contributed by atoms with Crippen molar-refractivity contribution in [3.05, 3.63) is 65.3 Å². The summed E-state index contributed by atoms with van der Waals surface area (Å²) in [7, 11) is 1.58. The van der Waals surface area contributed by atoms with Crippen LogP contribution in [0.2, 0.25) is 5.02 Å². The lowest BCUT2D eigenvalue weighted by Gasteiger charge is -2.05. The van der Waals surface area contributed by atoms with Gasteiger partial charge in [0.15, 0.2) is 0 Å². The van der Waals surface area contributed by atoms with Gasteiger partial charge in [0.1, 0.15) is 11.4 Å². The first-order chi connectivity index (χ1) is 11.2. The predicted molar refractivity (Wildman–Crippen MR) is 90.0 cm³/mol. The van der Waals surface area contributed by atoms with Crippen molar-refractivity contribution in [3.63, 3.8) is 0 Å². The standard InChI is InChI=1S/C17H14ClN3O2/c1-23-14-7-3-6-13(9-14)19-17(22)16-10-15(20-21-16)11-4-2-5-12(18)8-11/h2-10H,1H3,(H,19,22)(H,20,21). The molecule has 116 valence electrons. The molecule has 3 aromatic rings. The topological polar surface area (TPSA) is 67.0 Å². The second-order valence-electron chi connectivity index (χ2n) is 4.86. The number of hydrogen-bond acceptors (Lipinski definition) is 3. The first-order valence-electron chi connectivity index (χ1n) is 6.92. The van der Waals surface area contributed by atoms with Gasteiger partial charge in [0.05, 0.1) is 12.8 Å². The van der Waals surface area contributed by atoms with E-state index in [1.807, 2.05) is 18.2 Å². The Labute approximate surface area is 138 Å². The molecule has 2 N–H and O–H groups in total. The lowest BCUT2D eigenvalue weighted by molar-refractivity contribution is 0.102. The molecule has 0 aliphatic rings. The maximum Gasteiger partial charge on any atom is 0.273 e. The number of methoxy groups -OCH3 is 1. The molecular weight excluding hydrogens is 314 g/mol. The molecule has 0 bridgehead atoms. The van der Waals surface area contributed by atoms with Crippen LogP contribution in [0.5, 0.6) is 5.75 Å². The van der Waals surface area contributed by atoms with E-state index in [9.17, 15) is 4.79 Å². The van der Waals surface area contributed by atoms with Crippen molar-refractivity contribution < 1.29 is 9.53 Å². The van der Waals surface area contributed by atoms with Crippen LogP contribution in [-0.2, 0) is 0 Å². The minimum Gasteiger partial charge on any atom is -0.497 e. The van der Waals surface area contributed by atoms with E-state index in [0.29, 0.717) is 27.8 Å². The molecule has 2 aromatic carbocycles. The molecule has 0 aliphatic heterocycles. The van der Waals surface area contributed by atoms with Crippen LogP contribution >= 0.6 is 11.6 Å². The van der Waals surface area contributed by atoms with Crippen molar-refractivity contribution in [1.82, 2.24) is 10.2 Å². The first-order valence-corrected chi connectivity index (χ1v) is 7.30. The third-order valence-electron chi connectivity index (χ3n) is 3.27. The zero-order chi connectivity index (χ0) is 16.2. The van der Waals surface area contributed by atoms with Gasteiger partial charge in [0.25, 0.3) is 5.91 Å². The minimum absolute atomic E-state index is 0.279. The van der Waals surface area contributed by atoms with E-state index >= 15 is 0 Å². The van der Waals surface area contributed by atoms with E-state index < -0.39 is 0 Å². The van der Waals surface area contributed by atoms with Gasteiger partial charge in [-0.1, -0.05) is 29.8 Å². The van der Waals surface area contributed by atoms with Crippen molar-refractivity contribution >= 4 is 23.2 Å². The van der Waals surface area contributed by atoms with Crippen molar-refractivity contribution in [2.75, 3.05) is 12.4 Å². The lowest BCUT2D eigenvalue weighted by Crippen LogP contribution is -2.12. The van der Waals surface area contributed by atoms with E-state index in [-0.39, 0.29) is 5.91 Å². The fraction of sp³-hybridized carbons (Fsp3) is 0.0588. The van der Waals surface area contributed by atoms with Gasteiger partial charge in [-0.3, -0.25) is 9.89 Å². The molecule has 1 amide bonds. The zero-order valence-corrected chi connectivity index (χ0v) is 13.1. The fourth-order valence-corrected chi connectivity index (χ4v) is 2.32. The second kappa shape index (κ2) is 6.54. The van der Waals surface area contributed by atoms with Gasteiger partial charge in [0.2, 0.25) is 0 Å². The maximum atomic E-state index is 12.3. The summed E-state index contributed by atoms with van der Waals surface area (Å²) in [5.74, 6) is 0.394. The van der Waals surface area contributed by atoms with Gasteiger partial charge in [0, 0.05) is 22.3 Å². The summed E-state index contributed by atoms with van der Waals surface area (Å²) in [6.45, 7) is 0. The van der Waals surface area contributed by atoms with Crippen molar-refractivity contribution in [3.8, 4) is 17.0 Å². The summed E-state index contributed by atoms with van der Waals surface area (Å²) >= 11 is 5.97. The Morgan fingerprint density at radius 3 is 2.78 bits per heavy atom.